The van der Waals surface area contributed by atoms with Crippen molar-refractivity contribution >= 4 is 34.8 Å². The molecule has 0 bridgehead atoms. The van der Waals surface area contributed by atoms with E-state index >= 15 is 0 Å². The van der Waals surface area contributed by atoms with E-state index in [1.165, 1.54) is 12.8 Å². The maximum absolute atomic E-state index is 7.82. The second-order valence-electron chi connectivity index (χ2n) is 5.75. The van der Waals surface area contributed by atoms with Crippen molar-refractivity contribution in [3.63, 3.8) is 0 Å². The molecule has 1 aromatic carbocycles. The van der Waals surface area contributed by atoms with E-state index in [1.54, 1.807) is 24.4 Å². The highest BCUT2D eigenvalue weighted by atomic mass is 35.5. The minimum atomic E-state index is 0.151. The van der Waals surface area contributed by atoms with E-state index in [2.05, 4.69) is 18.9 Å². The van der Waals surface area contributed by atoms with Crippen LogP contribution < -0.4 is 4.90 Å². The number of rotatable bonds is 10. The van der Waals surface area contributed by atoms with Crippen molar-refractivity contribution < 1.29 is 4.74 Å². The molecule has 0 spiro atoms. The van der Waals surface area contributed by atoms with Crippen LogP contribution in [0.2, 0.25) is 10.0 Å². The topological polar surface area (TPSA) is 39.6 Å². The molecule has 134 valence electrons. The Morgan fingerprint density at radius 2 is 1.88 bits per heavy atom. The van der Waals surface area contributed by atoms with E-state index < -0.39 is 0 Å². The van der Waals surface area contributed by atoms with Gasteiger partial charge in [0.05, 0.1) is 16.7 Å². The molecule has 0 fully saturated rings. The summed E-state index contributed by atoms with van der Waals surface area (Å²) in [7, 11) is 4.00. The number of nitrogens with one attached hydrogen (secondary N) is 1. The molecule has 0 atom stereocenters. The molecule has 0 aromatic heterocycles. The normalized spacial score (nSPS) is 11.2. The van der Waals surface area contributed by atoms with E-state index in [9.17, 15) is 0 Å². The minimum absolute atomic E-state index is 0.151. The fraction of sp³-hybridized carbons (Fsp3) is 0.500. The maximum atomic E-state index is 7.82. The lowest BCUT2D eigenvalue weighted by atomic mass is 10.3. The molecule has 0 aliphatic carbocycles. The molecular weight excluding hydrogens is 345 g/mol. The summed E-state index contributed by atoms with van der Waals surface area (Å²) < 4.78 is 5.42. The van der Waals surface area contributed by atoms with Crippen LogP contribution in [-0.2, 0) is 4.74 Å². The second kappa shape index (κ2) is 11.3. The molecule has 1 aromatic rings. The van der Waals surface area contributed by atoms with E-state index in [0.29, 0.717) is 16.7 Å². The molecule has 0 aliphatic heterocycles. The van der Waals surface area contributed by atoms with Crippen LogP contribution in [0.4, 0.5) is 5.69 Å². The molecule has 0 amide bonds. The van der Waals surface area contributed by atoms with Gasteiger partial charge in [-0.15, -0.1) is 0 Å². The summed E-state index contributed by atoms with van der Waals surface area (Å²) >= 11 is 11.9. The molecule has 0 aliphatic rings. The third-order valence-electron chi connectivity index (χ3n) is 3.60. The van der Waals surface area contributed by atoms with Gasteiger partial charge in [0.25, 0.3) is 0 Å². The zero-order valence-electron chi connectivity index (χ0n) is 14.7. The second-order valence-corrected chi connectivity index (χ2v) is 6.56. The van der Waals surface area contributed by atoms with Gasteiger partial charge in [-0.1, -0.05) is 36.5 Å². The van der Waals surface area contributed by atoms with E-state index in [0.717, 1.165) is 25.2 Å². The Hall–Kier alpha value is -1.23. The smallest absolute Gasteiger partial charge is 0.207 e. The molecule has 0 heterocycles. The van der Waals surface area contributed by atoms with Gasteiger partial charge >= 0.3 is 0 Å². The first-order chi connectivity index (χ1) is 11.4. The summed E-state index contributed by atoms with van der Waals surface area (Å²) in [5.41, 5.74) is 0.894. The van der Waals surface area contributed by atoms with Crippen molar-refractivity contribution in [2.75, 3.05) is 38.7 Å². The van der Waals surface area contributed by atoms with Gasteiger partial charge in [0.15, 0.2) is 0 Å². The van der Waals surface area contributed by atoms with Crippen molar-refractivity contribution in [2.24, 2.45) is 0 Å². The van der Waals surface area contributed by atoms with Crippen molar-refractivity contribution in [2.45, 2.75) is 26.2 Å². The predicted octanol–water partition coefficient (Wildman–Crippen LogP) is 5.06. The lowest BCUT2D eigenvalue weighted by Gasteiger charge is -2.16. The number of hydrogen-bond donors (Lipinski definition) is 1. The average Bonchev–Trinajstić information content (AvgIpc) is 2.57. The number of nitrogens with zero attached hydrogens (tertiary/aromatic N) is 2. The summed E-state index contributed by atoms with van der Waals surface area (Å²) in [5, 5.41) is 8.85. The molecular formula is C18H27Cl2N3O. The van der Waals surface area contributed by atoms with Gasteiger partial charge in [0.2, 0.25) is 5.90 Å². The zero-order chi connectivity index (χ0) is 17.9. The van der Waals surface area contributed by atoms with Crippen LogP contribution in [0.5, 0.6) is 0 Å². The van der Waals surface area contributed by atoms with E-state index in [1.807, 2.05) is 18.0 Å². The standard InChI is InChI=1S/C18H27Cl2N3O/c1-4-5-10-22(2)11-6-13-24-18(21)9-12-23(3)15-7-8-16(19)17(20)14-15/h7-9,12,14,21H,4-6,10-11,13H2,1-3H3/b12-9-,21-18?. The van der Waals surface area contributed by atoms with Crippen molar-refractivity contribution in [3.05, 3.63) is 40.5 Å². The molecule has 0 unspecified atom stereocenters. The van der Waals surface area contributed by atoms with Crippen LogP contribution in [0.3, 0.4) is 0 Å². The quantitative estimate of drug-likeness (QED) is 0.355. The number of anilines is 1. The van der Waals surface area contributed by atoms with Crippen LogP contribution in [0.1, 0.15) is 26.2 Å². The number of ether oxygens (including phenoxy) is 1. The molecule has 6 heteroatoms. The highest BCUT2D eigenvalue weighted by Gasteiger charge is 2.03. The molecule has 4 nitrogen and oxygen atoms in total. The predicted molar refractivity (Wildman–Crippen MR) is 105 cm³/mol. The molecule has 0 radical (unpaired) electrons. The monoisotopic (exact) mass is 371 g/mol. The molecule has 24 heavy (non-hydrogen) atoms. The van der Waals surface area contributed by atoms with Crippen LogP contribution in [0.15, 0.2) is 30.5 Å². The zero-order valence-corrected chi connectivity index (χ0v) is 16.2. The Labute approximate surface area is 155 Å². The Bertz CT molecular complexity index is 549. The summed E-state index contributed by atoms with van der Waals surface area (Å²) in [6, 6.07) is 5.40. The Morgan fingerprint density at radius 1 is 1.17 bits per heavy atom. The Balaban J connectivity index is 2.31. The first-order valence-corrected chi connectivity index (χ1v) is 8.95. The molecule has 1 N–H and O–H groups in total. The third kappa shape index (κ3) is 8.04. The number of benzene rings is 1. The fourth-order valence-electron chi connectivity index (χ4n) is 2.07. The molecule has 1 rings (SSSR count). The van der Waals surface area contributed by atoms with Gasteiger partial charge in [-0.2, -0.15) is 0 Å². The highest BCUT2D eigenvalue weighted by Crippen LogP contribution is 2.26. The summed E-state index contributed by atoms with van der Waals surface area (Å²) in [6.07, 6.45) is 6.75. The van der Waals surface area contributed by atoms with Crippen LogP contribution in [0, 0.1) is 5.41 Å². The van der Waals surface area contributed by atoms with Crippen molar-refractivity contribution in [1.29, 1.82) is 5.41 Å². The summed E-state index contributed by atoms with van der Waals surface area (Å²) in [5.74, 6) is 0.151. The SMILES string of the molecule is CCCCN(C)CCCOC(=N)/C=C\N(C)c1ccc(Cl)c(Cl)c1. The minimum Gasteiger partial charge on any atom is -0.478 e. The molecule has 0 saturated heterocycles. The van der Waals surface area contributed by atoms with Crippen molar-refractivity contribution in [3.8, 4) is 0 Å². The first-order valence-electron chi connectivity index (χ1n) is 8.20. The van der Waals surface area contributed by atoms with Gasteiger partial charge < -0.3 is 14.5 Å². The lowest BCUT2D eigenvalue weighted by molar-refractivity contribution is 0.253. The number of unbranched alkanes of at least 4 members (excludes halogenated alkanes) is 1. The largest absolute Gasteiger partial charge is 0.478 e. The van der Waals surface area contributed by atoms with Crippen LogP contribution >= 0.6 is 23.2 Å². The average molecular weight is 372 g/mol. The van der Waals surface area contributed by atoms with Gasteiger partial charge in [-0.3, -0.25) is 5.41 Å². The van der Waals surface area contributed by atoms with E-state index in [4.69, 9.17) is 33.3 Å². The Morgan fingerprint density at radius 3 is 2.54 bits per heavy atom. The van der Waals surface area contributed by atoms with Crippen molar-refractivity contribution in [1.82, 2.24) is 4.90 Å². The highest BCUT2D eigenvalue weighted by molar-refractivity contribution is 6.42. The number of hydrogen-bond acceptors (Lipinski definition) is 4. The van der Waals surface area contributed by atoms with Gasteiger partial charge in [0.1, 0.15) is 0 Å². The van der Waals surface area contributed by atoms with Crippen LogP contribution in [-0.4, -0.2) is 44.6 Å². The van der Waals surface area contributed by atoms with Crippen LogP contribution in [0.25, 0.3) is 0 Å². The first kappa shape index (κ1) is 20.8. The number of halogens is 2. The summed E-state index contributed by atoms with van der Waals surface area (Å²) in [6.45, 7) is 4.85. The fourth-order valence-corrected chi connectivity index (χ4v) is 2.37. The summed E-state index contributed by atoms with van der Waals surface area (Å²) in [4.78, 5) is 4.16. The molecule has 0 saturated carbocycles. The van der Waals surface area contributed by atoms with Gasteiger partial charge in [0, 0.05) is 31.6 Å². The third-order valence-corrected chi connectivity index (χ3v) is 4.33. The van der Waals surface area contributed by atoms with Gasteiger partial charge in [-0.25, -0.2) is 0 Å². The Kier molecular flexibility index (Phi) is 9.84. The van der Waals surface area contributed by atoms with E-state index in [-0.39, 0.29) is 5.90 Å². The lowest BCUT2D eigenvalue weighted by Crippen LogP contribution is -2.22. The maximum Gasteiger partial charge on any atom is 0.207 e. The van der Waals surface area contributed by atoms with Gasteiger partial charge in [-0.05, 0) is 44.6 Å².